The van der Waals surface area contributed by atoms with Crippen LogP contribution < -0.4 is 5.73 Å². The van der Waals surface area contributed by atoms with Gasteiger partial charge in [0.05, 0.1) is 6.61 Å². The molecule has 2 N–H and O–H groups in total. The summed E-state index contributed by atoms with van der Waals surface area (Å²) in [6.45, 7) is 5.70. The Labute approximate surface area is 85.4 Å². The topological polar surface area (TPSA) is 55.6 Å². The monoisotopic (exact) mass is 200 g/mol. The molecule has 0 bridgehead atoms. The van der Waals surface area contributed by atoms with Crippen molar-refractivity contribution in [2.24, 2.45) is 11.7 Å². The molecule has 1 rings (SSSR count). The third-order valence-corrected chi connectivity index (χ3v) is 2.55. The lowest BCUT2D eigenvalue weighted by atomic mass is 10.1. The van der Waals surface area contributed by atoms with Gasteiger partial charge in [0.25, 0.3) is 0 Å². The molecule has 14 heavy (non-hydrogen) atoms. The van der Waals surface area contributed by atoms with Crippen LogP contribution in [0.4, 0.5) is 0 Å². The lowest BCUT2D eigenvalue weighted by Gasteiger charge is -2.15. The summed E-state index contributed by atoms with van der Waals surface area (Å²) in [6.07, 6.45) is 1.54. The maximum atomic E-state index is 11.5. The highest BCUT2D eigenvalue weighted by molar-refractivity contribution is 5.76. The average Bonchev–Trinajstić information content (AvgIpc) is 2.63. The molecule has 1 heterocycles. The third kappa shape index (κ3) is 3.27. The first kappa shape index (κ1) is 11.5. The molecule has 0 aromatic rings. The van der Waals surface area contributed by atoms with Gasteiger partial charge in [-0.05, 0) is 13.3 Å². The predicted molar refractivity (Wildman–Crippen MR) is 54.9 cm³/mol. The number of carbonyl (C=O) groups is 1. The highest BCUT2D eigenvalue weighted by Crippen LogP contribution is 2.16. The van der Waals surface area contributed by atoms with Crippen molar-refractivity contribution < 1.29 is 9.53 Å². The van der Waals surface area contributed by atoms with Gasteiger partial charge < -0.3 is 15.4 Å². The smallest absolute Gasteiger partial charge is 0.223 e. The second-order valence-corrected chi connectivity index (χ2v) is 3.69. The van der Waals surface area contributed by atoms with E-state index in [1.54, 1.807) is 0 Å². The quantitative estimate of drug-likeness (QED) is 0.690. The molecule has 1 fully saturated rings. The molecule has 1 aliphatic rings. The number of carbonyl (C=O) groups excluding carboxylic acids is 1. The molecule has 1 atom stereocenters. The van der Waals surface area contributed by atoms with Gasteiger partial charge >= 0.3 is 0 Å². The van der Waals surface area contributed by atoms with Gasteiger partial charge in [-0.15, -0.1) is 0 Å². The van der Waals surface area contributed by atoms with Gasteiger partial charge in [0, 0.05) is 38.6 Å². The van der Waals surface area contributed by atoms with E-state index in [0.29, 0.717) is 18.9 Å². The van der Waals surface area contributed by atoms with E-state index in [0.717, 1.165) is 32.7 Å². The van der Waals surface area contributed by atoms with Gasteiger partial charge in [0.1, 0.15) is 0 Å². The maximum Gasteiger partial charge on any atom is 0.223 e. The number of rotatable bonds is 5. The molecule has 4 nitrogen and oxygen atoms in total. The number of hydrogen-bond acceptors (Lipinski definition) is 3. The molecule has 0 aromatic carbocycles. The molecular weight excluding hydrogens is 180 g/mol. The largest absolute Gasteiger partial charge is 0.381 e. The van der Waals surface area contributed by atoms with E-state index in [-0.39, 0.29) is 5.91 Å². The van der Waals surface area contributed by atoms with Crippen LogP contribution in [0.25, 0.3) is 0 Å². The Hall–Kier alpha value is -0.610. The van der Waals surface area contributed by atoms with E-state index >= 15 is 0 Å². The van der Waals surface area contributed by atoms with E-state index < -0.39 is 0 Å². The second kappa shape index (κ2) is 5.98. The molecule has 4 heteroatoms. The first-order valence-corrected chi connectivity index (χ1v) is 5.33. The van der Waals surface area contributed by atoms with Gasteiger partial charge in [-0.25, -0.2) is 0 Å². The van der Waals surface area contributed by atoms with Crippen molar-refractivity contribution in [1.29, 1.82) is 0 Å². The molecule has 82 valence electrons. The molecule has 0 radical (unpaired) electrons. The Balaban J connectivity index is 2.22. The molecule has 1 saturated heterocycles. The van der Waals surface area contributed by atoms with E-state index in [2.05, 4.69) is 0 Å². The van der Waals surface area contributed by atoms with Gasteiger partial charge in [0.2, 0.25) is 5.91 Å². The predicted octanol–water partition coefficient (Wildman–Crippen LogP) is 0.220. The van der Waals surface area contributed by atoms with Crippen LogP contribution in [0.2, 0.25) is 0 Å². The number of nitrogens with two attached hydrogens (primary N) is 1. The molecule has 0 aliphatic carbocycles. The van der Waals surface area contributed by atoms with Gasteiger partial charge in [-0.2, -0.15) is 0 Å². The summed E-state index contributed by atoms with van der Waals surface area (Å²) in [7, 11) is 0. The average molecular weight is 200 g/mol. The fourth-order valence-corrected chi connectivity index (χ4v) is 1.76. The standard InChI is InChI=1S/C10H20N2O2/c1-2-14-8-9-4-6-12(7-9)10(13)3-5-11/h9H,2-8,11H2,1H3/t9-/m1/s1. The van der Waals surface area contributed by atoms with Crippen molar-refractivity contribution in [2.45, 2.75) is 19.8 Å². The molecule has 0 saturated carbocycles. The molecular formula is C10H20N2O2. The number of amides is 1. The number of nitrogens with zero attached hydrogens (tertiary/aromatic N) is 1. The van der Waals surface area contributed by atoms with Gasteiger partial charge in [0.15, 0.2) is 0 Å². The Kier molecular flexibility index (Phi) is 4.90. The van der Waals surface area contributed by atoms with E-state index in [1.165, 1.54) is 0 Å². The highest BCUT2D eigenvalue weighted by Gasteiger charge is 2.25. The Morgan fingerprint density at radius 2 is 2.43 bits per heavy atom. The van der Waals surface area contributed by atoms with Crippen LogP contribution in [-0.4, -0.2) is 43.7 Å². The summed E-state index contributed by atoms with van der Waals surface area (Å²) in [6, 6.07) is 0. The lowest BCUT2D eigenvalue weighted by Crippen LogP contribution is -2.30. The summed E-state index contributed by atoms with van der Waals surface area (Å²) in [5.41, 5.74) is 5.34. The lowest BCUT2D eigenvalue weighted by molar-refractivity contribution is -0.130. The van der Waals surface area contributed by atoms with Crippen LogP contribution in [0.1, 0.15) is 19.8 Å². The van der Waals surface area contributed by atoms with Crippen molar-refractivity contribution >= 4 is 5.91 Å². The third-order valence-electron chi connectivity index (χ3n) is 2.55. The minimum absolute atomic E-state index is 0.187. The summed E-state index contributed by atoms with van der Waals surface area (Å²) in [5, 5.41) is 0. The summed E-state index contributed by atoms with van der Waals surface area (Å²) in [4.78, 5) is 13.4. The van der Waals surface area contributed by atoms with E-state index in [4.69, 9.17) is 10.5 Å². The van der Waals surface area contributed by atoms with Crippen LogP contribution in [0, 0.1) is 5.92 Å². The van der Waals surface area contributed by atoms with Crippen molar-refractivity contribution in [3.8, 4) is 0 Å². The van der Waals surface area contributed by atoms with Crippen molar-refractivity contribution in [3.05, 3.63) is 0 Å². The van der Waals surface area contributed by atoms with E-state index in [9.17, 15) is 4.79 Å². The van der Waals surface area contributed by atoms with Crippen molar-refractivity contribution in [3.63, 3.8) is 0 Å². The first-order chi connectivity index (χ1) is 6.77. The van der Waals surface area contributed by atoms with Crippen LogP contribution >= 0.6 is 0 Å². The molecule has 0 spiro atoms. The van der Waals surface area contributed by atoms with Crippen molar-refractivity contribution in [2.75, 3.05) is 32.8 Å². The maximum absolute atomic E-state index is 11.5. The number of likely N-dealkylation sites (tertiary alicyclic amines) is 1. The minimum atomic E-state index is 0.187. The second-order valence-electron chi connectivity index (χ2n) is 3.69. The van der Waals surface area contributed by atoms with Crippen LogP contribution in [-0.2, 0) is 9.53 Å². The Bertz CT molecular complexity index is 185. The highest BCUT2D eigenvalue weighted by atomic mass is 16.5. The number of ether oxygens (including phenoxy) is 1. The summed E-state index contributed by atoms with van der Waals surface area (Å²) < 4.78 is 5.34. The summed E-state index contributed by atoms with van der Waals surface area (Å²) >= 11 is 0. The van der Waals surface area contributed by atoms with Crippen LogP contribution in [0.5, 0.6) is 0 Å². The fourth-order valence-electron chi connectivity index (χ4n) is 1.76. The fraction of sp³-hybridized carbons (Fsp3) is 0.900. The minimum Gasteiger partial charge on any atom is -0.381 e. The van der Waals surface area contributed by atoms with Crippen LogP contribution in [0.15, 0.2) is 0 Å². The van der Waals surface area contributed by atoms with Crippen molar-refractivity contribution in [1.82, 2.24) is 4.90 Å². The number of hydrogen-bond donors (Lipinski definition) is 1. The normalized spacial score (nSPS) is 21.6. The molecule has 0 aromatic heterocycles. The molecule has 1 aliphatic heterocycles. The zero-order chi connectivity index (χ0) is 10.4. The van der Waals surface area contributed by atoms with Crippen LogP contribution in [0.3, 0.4) is 0 Å². The zero-order valence-electron chi connectivity index (χ0n) is 8.87. The first-order valence-electron chi connectivity index (χ1n) is 5.33. The SMILES string of the molecule is CCOC[C@@H]1CCN(C(=O)CCN)C1. The van der Waals surface area contributed by atoms with Gasteiger partial charge in [-0.3, -0.25) is 4.79 Å². The molecule has 1 amide bonds. The molecule has 0 unspecified atom stereocenters. The zero-order valence-corrected chi connectivity index (χ0v) is 8.87. The van der Waals surface area contributed by atoms with E-state index in [1.807, 2.05) is 11.8 Å². The summed E-state index contributed by atoms with van der Waals surface area (Å²) in [5.74, 6) is 0.711. The Morgan fingerprint density at radius 1 is 1.64 bits per heavy atom. The Morgan fingerprint density at radius 3 is 3.07 bits per heavy atom. The van der Waals surface area contributed by atoms with Gasteiger partial charge in [-0.1, -0.05) is 0 Å².